The molecule has 0 saturated carbocycles. The van der Waals surface area contributed by atoms with E-state index in [0.29, 0.717) is 0 Å². The van der Waals surface area contributed by atoms with Gasteiger partial charge in [0.1, 0.15) is 0 Å². The van der Waals surface area contributed by atoms with Crippen LogP contribution in [0.4, 0.5) is 18.9 Å². The Balaban J connectivity index is 3.19. The maximum Gasteiger partial charge on any atom is 0.418 e. The molecule has 0 saturated heterocycles. The Kier molecular flexibility index (Phi) is 2.94. The molecule has 1 rings (SSSR count). The largest absolute Gasteiger partial charge is 0.418 e. The topological polar surface area (TPSA) is 63.4 Å². The summed E-state index contributed by atoms with van der Waals surface area (Å²) in [4.78, 5) is 9.41. The van der Waals surface area contributed by atoms with Crippen LogP contribution in [0.25, 0.3) is 0 Å². The van der Waals surface area contributed by atoms with Crippen molar-refractivity contribution in [1.29, 1.82) is 0 Å². The summed E-state index contributed by atoms with van der Waals surface area (Å²) in [5.74, 6) is 0. The molecule has 1 N–H and O–H groups in total. The van der Waals surface area contributed by atoms with Crippen molar-refractivity contribution in [3.05, 3.63) is 39.9 Å². The Hall–Kier alpha value is -1.63. The lowest BCUT2D eigenvalue weighted by Crippen LogP contribution is -2.21. The summed E-state index contributed by atoms with van der Waals surface area (Å²) in [7, 11) is 0. The van der Waals surface area contributed by atoms with Gasteiger partial charge in [-0.15, -0.1) is 0 Å². The molecule has 7 heteroatoms. The molecule has 0 radical (unpaired) electrons. The third-order valence-electron chi connectivity index (χ3n) is 1.74. The molecule has 0 bridgehead atoms. The number of nitro benzene ring substituents is 1. The lowest BCUT2D eigenvalue weighted by atomic mass is 10.1. The lowest BCUT2D eigenvalue weighted by molar-refractivity contribution is -0.387. The van der Waals surface area contributed by atoms with Gasteiger partial charge in [-0.1, -0.05) is 12.1 Å². The highest BCUT2D eigenvalue weighted by Gasteiger charge is 2.42. The van der Waals surface area contributed by atoms with Crippen LogP contribution < -0.4 is 0 Å². The molecule has 1 aromatic rings. The molecule has 0 aliphatic rings. The SMILES string of the molecule is O=[N+]([O-])c1ccccc1[C@@H](O)C(F)(F)F. The number of nitrogens with zero attached hydrogens (tertiary/aromatic N) is 1. The zero-order valence-corrected chi connectivity index (χ0v) is 7.23. The quantitative estimate of drug-likeness (QED) is 0.615. The van der Waals surface area contributed by atoms with Gasteiger partial charge in [-0.3, -0.25) is 10.1 Å². The first-order valence-electron chi connectivity index (χ1n) is 3.82. The predicted molar refractivity (Wildman–Crippen MR) is 44.1 cm³/mol. The van der Waals surface area contributed by atoms with Crippen LogP contribution in [-0.2, 0) is 0 Å². The summed E-state index contributed by atoms with van der Waals surface area (Å²) < 4.78 is 36.3. The Morgan fingerprint density at radius 1 is 1.33 bits per heavy atom. The number of benzene rings is 1. The number of alkyl halides is 3. The van der Waals surface area contributed by atoms with Crippen LogP contribution in [0.15, 0.2) is 24.3 Å². The van der Waals surface area contributed by atoms with E-state index in [4.69, 9.17) is 5.11 Å². The standard InChI is InChI=1S/C8H6F3NO3/c9-8(10,11)7(13)5-3-1-2-4-6(5)12(14)15/h1-4,7,13H/t7-/m1/s1. The smallest absolute Gasteiger partial charge is 0.379 e. The summed E-state index contributed by atoms with van der Waals surface area (Å²) >= 11 is 0. The van der Waals surface area contributed by atoms with Crippen LogP contribution in [0, 0.1) is 10.1 Å². The van der Waals surface area contributed by atoms with Crippen molar-refractivity contribution in [2.45, 2.75) is 12.3 Å². The number of hydrogen-bond acceptors (Lipinski definition) is 3. The molecule has 15 heavy (non-hydrogen) atoms. The number of halogens is 3. The summed E-state index contributed by atoms with van der Waals surface area (Å²) in [5.41, 5.74) is -1.50. The average molecular weight is 221 g/mol. The Labute approximate surface area is 82.1 Å². The van der Waals surface area contributed by atoms with E-state index >= 15 is 0 Å². The molecule has 0 aliphatic heterocycles. The number of para-hydroxylation sites is 1. The van der Waals surface area contributed by atoms with Crippen molar-refractivity contribution < 1.29 is 23.2 Å². The van der Waals surface area contributed by atoms with Crippen LogP contribution in [0.2, 0.25) is 0 Å². The van der Waals surface area contributed by atoms with Gasteiger partial charge in [0, 0.05) is 6.07 Å². The molecule has 0 spiro atoms. The molecule has 0 aliphatic carbocycles. The lowest BCUT2D eigenvalue weighted by Gasteiger charge is -2.14. The fourth-order valence-corrected chi connectivity index (χ4v) is 1.06. The van der Waals surface area contributed by atoms with Crippen molar-refractivity contribution in [2.24, 2.45) is 0 Å². The summed E-state index contributed by atoms with van der Waals surface area (Å²) in [6.07, 6.45) is -7.74. The second-order valence-electron chi connectivity index (χ2n) is 2.76. The number of hydrogen-bond donors (Lipinski definition) is 1. The fraction of sp³-hybridized carbons (Fsp3) is 0.250. The predicted octanol–water partition coefficient (Wildman–Crippen LogP) is 2.19. The highest BCUT2D eigenvalue weighted by Crippen LogP contribution is 2.36. The molecule has 0 aromatic heterocycles. The minimum Gasteiger partial charge on any atom is -0.379 e. The maximum absolute atomic E-state index is 12.1. The number of rotatable bonds is 2. The van der Waals surface area contributed by atoms with Crippen LogP contribution in [0.3, 0.4) is 0 Å². The van der Waals surface area contributed by atoms with Gasteiger partial charge >= 0.3 is 6.18 Å². The van der Waals surface area contributed by atoms with Crippen molar-refractivity contribution in [3.63, 3.8) is 0 Å². The van der Waals surface area contributed by atoms with Gasteiger partial charge < -0.3 is 5.11 Å². The average Bonchev–Trinajstić information content (AvgIpc) is 2.15. The highest BCUT2D eigenvalue weighted by molar-refractivity contribution is 5.41. The first kappa shape index (κ1) is 11.4. The van der Waals surface area contributed by atoms with Crippen LogP contribution in [0.1, 0.15) is 11.7 Å². The van der Waals surface area contributed by atoms with Gasteiger partial charge in [0.2, 0.25) is 0 Å². The van der Waals surface area contributed by atoms with Gasteiger partial charge in [-0.05, 0) is 6.07 Å². The number of nitro groups is 1. The molecule has 1 aromatic carbocycles. The first-order chi connectivity index (χ1) is 6.84. The van der Waals surface area contributed by atoms with Gasteiger partial charge in [-0.2, -0.15) is 13.2 Å². The Bertz CT molecular complexity index is 378. The summed E-state index contributed by atoms with van der Waals surface area (Å²) in [5, 5.41) is 19.2. The molecule has 0 unspecified atom stereocenters. The molecular formula is C8H6F3NO3. The Morgan fingerprint density at radius 3 is 2.33 bits per heavy atom. The molecule has 0 amide bonds. The van der Waals surface area contributed by atoms with E-state index in [1.54, 1.807) is 0 Å². The van der Waals surface area contributed by atoms with Crippen molar-refractivity contribution in [2.75, 3.05) is 0 Å². The van der Waals surface area contributed by atoms with E-state index in [1.165, 1.54) is 12.1 Å². The van der Waals surface area contributed by atoms with Gasteiger partial charge in [0.25, 0.3) is 5.69 Å². The van der Waals surface area contributed by atoms with Crippen molar-refractivity contribution >= 4 is 5.69 Å². The second-order valence-corrected chi connectivity index (χ2v) is 2.76. The van der Waals surface area contributed by atoms with Crippen molar-refractivity contribution in [3.8, 4) is 0 Å². The maximum atomic E-state index is 12.1. The number of aliphatic hydroxyl groups excluding tert-OH is 1. The van der Waals surface area contributed by atoms with E-state index in [9.17, 15) is 23.3 Å². The fourth-order valence-electron chi connectivity index (χ4n) is 1.06. The third kappa shape index (κ3) is 2.44. The molecule has 0 fully saturated rings. The normalized spacial score (nSPS) is 13.6. The summed E-state index contributed by atoms with van der Waals surface area (Å²) in [6, 6.07) is 4.20. The zero-order chi connectivity index (χ0) is 11.6. The van der Waals surface area contributed by atoms with E-state index in [-0.39, 0.29) is 0 Å². The van der Waals surface area contributed by atoms with Gasteiger partial charge in [0.15, 0.2) is 6.10 Å². The highest BCUT2D eigenvalue weighted by atomic mass is 19.4. The van der Waals surface area contributed by atoms with E-state index in [0.717, 1.165) is 12.1 Å². The zero-order valence-electron chi connectivity index (χ0n) is 7.23. The molecular weight excluding hydrogens is 215 g/mol. The summed E-state index contributed by atoms with van der Waals surface area (Å²) in [6.45, 7) is 0. The van der Waals surface area contributed by atoms with Gasteiger partial charge in [-0.25, -0.2) is 0 Å². The molecule has 1 atom stereocenters. The second kappa shape index (κ2) is 3.85. The van der Waals surface area contributed by atoms with Crippen LogP contribution >= 0.6 is 0 Å². The van der Waals surface area contributed by atoms with Gasteiger partial charge in [0.05, 0.1) is 10.5 Å². The van der Waals surface area contributed by atoms with Crippen LogP contribution in [0.5, 0.6) is 0 Å². The minimum atomic E-state index is -4.91. The van der Waals surface area contributed by atoms with E-state index < -0.39 is 28.5 Å². The molecule has 82 valence electrons. The van der Waals surface area contributed by atoms with Crippen molar-refractivity contribution in [1.82, 2.24) is 0 Å². The van der Waals surface area contributed by atoms with Crippen LogP contribution in [-0.4, -0.2) is 16.2 Å². The van der Waals surface area contributed by atoms with E-state index in [2.05, 4.69) is 0 Å². The third-order valence-corrected chi connectivity index (χ3v) is 1.74. The molecule has 0 heterocycles. The first-order valence-corrected chi connectivity index (χ1v) is 3.82. The van der Waals surface area contributed by atoms with E-state index in [1.807, 2.05) is 0 Å². The number of aliphatic hydroxyl groups is 1. The Morgan fingerprint density at radius 2 is 1.87 bits per heavy atom. The minimum absolute atomic E-state index is 0.748. The monoisotopic (exact) mass is 221 g/mol. The molecule has 4 nitrogen and oxygen atoms in total.